The molecule has 1 aromatic carbocycles. The highest BCUT2D eigenvalue weighted by Crippen LogP contribution is 2.16. The van der Waals surface area contributed by atoms with Crippen LogP contribution in [0.25, 0.3) is 0 Å². The van der Waals surface area contributed by atoms with Gasteiger partial charge in [0.25, 0.3) is 5.91 Å². The van der Waals surface area contributed by atoms with E-state index in [0.717, 1.165) is 13.0 Å². The van der Waals surface area contributed by atoms with Crippen LogP contribution in [0.2, 0.25) is 0 Å². The van der Waals surface area contributed by atoms with E-state index in [4.69, 9.17) is 11.5 Å². The lowest BCUT2D eigenvalue weighted by molar-refractivity contribution is -0.117. The molecule has 0 radical (unpaired) electrons. The van der Waals surface area contributed by atoms with Gasteiger partial charge < -0.3 is 16.8 Å². The van der Waals surface area contributed by atoms with Crippen molar-refractivity contribution in [3.8, 4) is 0 Å². The Morgan fingerprint density at radius 3 is 2.76 bits per heavy atom. The Labute approximate surface area is 124 Å². The molecule has 0 saturated carbocycles. The largest absolute Gasteiger partial charge is 0.366 e. The number of primary amides is 1. The molecule has 1 aliphatic heterocycles. The second-order valence-electron chi connectivity index (χ2n) is 5.62. The number of hydrogen-bond acceptors (Lipinski definition) is 4. The van der Waals surface area contributed by atoms with Gasteiger partial charge in [0.1, 0.15) is 0 Å². The van der Waals surface area contributed by atoms with Gasteiger partial charge in [-0.1, -0.05) is 19.1 Å². The summed E-state index contributed by atoms with van der Waals surface area (Å²) in [5, 5.41) is 2.74. The van der Waals surface area contributed by atoms with Gasteiger partial charge in [-0.3, -0.25) is 14.5 Å². The second kappa shape index (κ2) is 6.69. The molecule has 6 heteroatoms. The van der Waals surface area contributed by atoms with Gasteiger partial charge in [-0.05, 0) is 31.0 Å². The molecule has 0 spiro atoms. The molecule has 5 N–H and O–H groups in total. The van der Waals surface area contributed by atoms with Gasteiger partial charge in [-0.25, -0.2) is 0 Å². The minimum atomic E-state index is -0.556. The molecule has 2 amide bonds. The molecule has 1 aliphatic rings. The number of para-hydroxylation sites is 1. The number of nitrogens with zero attached hydrogens (tertiary/aromatic N) is 1. The molecule has 1 aromatic rings. The van der Waals surface area contributed by atoms with Crippen molar-refractivity contribution in [2.75, 3.05) is 25.0 Å². The fourth-order valence-corrected chi connectivity index (χ4v) is 2.51. The van der Waals surface area contributed by atoms with E-state index in [1.165, 1.54) is 0 Å². The monoisotopic (exact) mass is 290 g/mol. The Bertz CT molecular complexity index is 532. The summed E-state index contributed by atoms with van der Waals surface area (Å²) in [5.41, 5.74) is 12.1. The average Bonchev–Trinajstić information content (AvgIpc) is 2.43. The molecule has 2 unspecified atom stereocenters. The van der Waals surface area contributed by atoms with Crippen LogP contribution in [0.4, 0.5) is 5.69 Å². The van der Waals surface area contributed by atoms with Crippen LogP contribution in [0.1, 0.15) is 23.7 Å². The van der Waals surface area contributed by atoms with E-state index in [0.29, 0.717) is 23.7 Å². The van der Waals surface area contributed by atoms with Gasteiger partial charge >= 0.3 is 0 Å². The summed E-state index contributed by atoms with van der Waals surface area (Å²) >= 11 is 0. The summed E-state index contributed by atoms with van der Waals surface area (Å²) in [5.74, 6) is -0.231. The number of amides is 2. The molecule has 1 saturated heterocycles. The first-order chi connectivity index (χ1) is 9.97. The highest BCUT2D eigenvalue weighted by molar-refractivity contribution is 6.03. The predicted octanol–water partition coefficient (Wildman–Crippen LogP) is 0.393. The number of nitrogens with one attached hydrogen (secondary N) is 1. The summed E-state index contributed by atoms with van der Waals surface area (Å²) in [7, 11) is 0. The highest BCUT2D eigenvalue weighted by atomic mass is 16.2. The van der Waals surface area contributed by atoms with Crippen molar-refractivity contribution in [1.29, 1.82) is 0 Å². The van der Waals surface area contributed by atoms with Crippen LogP contribution in [0.15, 0.2) is 24.3 Å². The number of nitrogens with two attached hydrogens (primary N) is 2. The maximum absolute atomic E-state index is 12.1. The van der Waals surface area contributed by atoms with Crippen molar-refractivity contribution in [1.82, 2.24) is 4.90 Å². The molecule has 1 fully saturated rings. The number of benzene rings is 1. The quantitative estimate of drug-likeness (QED) is 0.746. The van der Waals surface area contributed by atoms with Crippen molar-refractivity contribution in [2.24, 2.45) is 17.4 Å². The molecular formula is C15H22N4O2. The van der Waals surface area contributed by atoms with E-state index < -0.39 is 5.91 Å². The lowest BCUT2D eigenvalue weighted by atomic mass is 9.94. The van der Waals surface area contributed by atoms with Crippen LogP contribution in [-0.2, 0) is 4.79 Å². The first-order valence-electron chi connectivity index (χ1n) is 7.14. The van der Waals surface area contributed by atoms with Gasteiger partial charge in [0, 0.05) is 12.6 Å². The van der Waals surface area contributed by atoms with E-state index in [1.807, 2.05) is 4.90 Å². The number of carbonyl (C=O) groups excluding carboxylic acids is 2. The third-order valence-electron chi connectivity index (χ3n) is 3.93. The zero-order chi connectivity index (χ0) is 15.4. The molecule has 114 valence electrons. The molecule has 0 aromatic heterocycles. The normalized spacial score (nSPS) is 22.8. The fourth-order valence-electron chi connectivity index (χ4n) is 2.51. The van der Waals surface area contributed by atoms with E-state index in [2.05, 4.69) is 12.2 Å². The Balaban J connectivity index is 1.95. The van der Waals surface area contributed by atoms with E-state index >= 15 is 0 Å². The van der Waals surface area contributed by atoms with Gasteiger partial charge in [0.05, 0.1) is 17.8 Å². The lowest BCUT2D eigenvalue weighted by Gasteiger charge is -2.34. The smallest absolute Gasteiger partial charge is 0.250 e. The molecule has 2 atom stereocenters. The Morgan fingerprint density at radius 1 is 1.38 bits per heavy atom. The first-order valence-corrected chi connectivity index (χ1v) is 7.14. The van der Waals surface area contributed by atoms with Crippen LogP contribution < -0.4 is 16.8 Å². The van der Waals surface area contributed by atoms with Crippen molar-refractivity contribution in [3.63, 3.8) is 0 Å². The predicted molar refractivity (Wildman–Crippen MR) is 81.8 cm³/mol. The summed E-state index contributed by atoms with van der Waals surface area (Å²) < 4.78 is 0. The number of anilines is 1. The van der Waals surface area contributed by atoms with Crippen LogP contribution in [0, 0.1) is 5.92 Å². The SMILES string of the molecule is CC1CCN(CC(=O)Nc2ccccc2C(N)=O)CC1N. The third kappa shape index (κ3) is 4.03. The number of likely N-dealkylation sites (tertiary alicyclic amines) is 1. The van der Waals surface area contributed by atoms with Crippen LogP contribution in [-0.4, -0.2) is 42.4 Å². The summed E-state index contributed by atoms with van der Waals surface area (Å²) in [6, 6.07) is 6.82. The first kappa shape index (κ1) is 15.5. The zero-order valence-electron chi connectivity index (χ0n) is 12.2. The Hall–Kier alpha value is -1.92. The van der Waals surface area contributed by atoms with Crippen molar-refractivity contribution >= 4 is 17.5 Å². The minimum Gasteiger partial charge on any atom is -0.366 e. The van der Waals surface area contributed by atoms with Crippen LogP contribution in [0.5, 0.6) is 0 Å². The van der Waals surface area contributed by atoms with E-state index in [1.54, 1.807) is 24.3 Å². The van der Waals surface area contributed by atoms with Crippen molar-refractivity contribution < 1.29 is 9.59 Å². The van der Waals surface area contributed by atoms with Crippen LogP contribution in [0.3, 0.4) is 0 Å². The summed E-state index contributed by atoms with van der Waals surface area (Å²) in [6.45, 7) is 3.98. The molecule has 2 rings (SSSR count). The zero-order valence-corrected chi connectivity index (χ0v) is 12.2. The molecule has 0 bridgehead atoms. The van der Waals surface area contributed by atoms with Crippen molar-refractivity contribution in [3.05, 3.63) is 29.8 Å². The highest BCUT2D eigenvalue weighted by Gasteiger charge is 2.24. The number of hydrogen-bond donors (Lipinski definition) is 3. The molecule has 6 nitrogen and oxygen atoms in total. The Kier molecular flexibility index (Phi) is 4.93. The molecule has 0 aliphatic carbocycles. The van der Waals surface area contributed by atoms with Crippen molar-refractivity contribution in [2.45, 2.75) is 19.4 Å². The maximum atomic E-state index is 12.1. The number of piperidine rings is 1. The minimum absolute atomic E-state index is 0.101. The topological polar surface area (TPSA) is 101 Å². The lowest BCUT2D eigenvalue weighted by Crippen LogP contribution is -2.49. The summed E-state index contributed by atoms with van der Waals surface area (Å²) in [6.07, 6.45) is 0.992. The van der Waals surface area contributed by atoms with E-state index in [-0.39, 0.29) is 18.5 Å². The fraction of sp³-hybridized carbons (Fsp3) is 0.467. The van der Waals surface area contributed by atoms with Gasteiger partial charge in [0.2, 0.25) is 5.91 Å². The molecule has 1 heterocycles. The standard InChI is InChI=1S/C15H22N4O2/c1-10-6-7-19(8-12(10)16)9-14(20)18-13-5-3-2-4-11(13)15(17)21/h2-5,10,12H,6-9,16H2,1H3,(H2,17,21)(H,18,20). The summed E-state index contributed by atoms with van der Waals surface area (Å²) in [4.78, 5) is 25.4. The van der Waals surface area contributed by atoms with E-state index in [9.17, 15) is 9.59 Å². The number of carbonyl (C=O) groups is 2. The van der Waals surface area contributed by atoms with Gasteiger partial charge in [-0.2, -0.15) is 0 Å². The third-order valence-corrected chi connectivity index (χ3v) is 3.93. The maximum Gasteiger partial charge on any atom is 0.250 e. The average molecular weight is 290 g/mol. The Morgan fingerprint density at radius 2 is 2.10 bits per heavy atom. The molecular weight excluding hydrogens is 268 g/mol. The second-order valence-corrected chi connectivity index (χ2v) is 5.62. The number of rotatable bonds is 4. The molecule has 21 heavy (non-hydrogen) atoms. The van der Waals surface area contributed by atoms with Gasteiger partial charge in [-0.15, -0.1) is 0 Å². The van der Waals surface area contributed by atoms with Gasteiger partial charge in [0.15, 0.2) is 0 Å². The van der Waals surface area contributed by atoms with Crippen LogP contribution >= 0.6 is 0 Å².